The van der Waals surface area contributed by atoms with E-state index in [9.17, 15) is 4.79 Å². The van der Waals surface area contributed by atoms with E-state index in [0.717, 1.165) is 51.1 Å². The summed E-state index contributed by atoms with van der Waals surface area (Å²) in [5.41, 5.74) is 0. The highest BCUT2D eigenvalue weighted by atomic mass is 16.2. The molecule has 0 atom stereocenters. The zero-order valence-corrected chi connectivity index (χ0v) is 12.2. The van der Waals surface area contributed by atoms with Gasteiger partial charge in [0.2, 0.25) is 5.91 Å². The third kappa shape index (κ3) is 5.63. The van der Waals surface area contributed by atoms with Crippen LogP contribution in [0.15, 0.2) is 24.3 Å². The van der Waals surface area contributed by atoms with Crippen LogP contribution in [0.2, 0.25) is 0 Å². The minimum Gasteiger partial charge on any atom is -0.338 e. The fourth-order valence-electron chi connectivity index (χ4n) is 2.25. The smallest absolute Gasteiger partial charge is 0.225 e. The summed E-state index contributed by atoms with van der Waals surface area (Å²) in [4.78, 5) is 14.2. The minimum absolute atomic E-state index is 0.361. The van der Waals surface area contributed by atoms with Gasteiger partial charge >= 0.3 is 0 Å². The number of hydrogen-bond acceptors (Lipinski definition) is 1. The first kappa shape index (κ1) is 14.4. The highest BCUT2D eigenvalue weighted by Crippen LogP contribution is 2.34. The Bertz CT molecular complexity index is 337. The molecule has 0 heterocycles. The van der Waals surface area contributed by atoms with Crippen LogP contribution in [0.5, 0.6) is 0 Å². The molecular weight excluding hydrogens is 234 g/mol. The van der Waals surface area contributed by atoms with Crippen LogP contribution < -0.4 is 0 Å². The summed E-state index contributed by atoms with van der Waals surface area (Å²) >= 11 is 0. The fourth-order valence-corrected chi connectivity index (χ4v) is 2.25. The van der Waals surface area contributed by atoms with Crippen molar-refractivity contribution in [3.63, 3.8) is 0 Å². The van der Waals surface area contributed by atoms with Crippen molar-refractivity contribution < 1.29 is 4.79 Å². The van der Waals surface area contributed by atoms with E-state index in [0.29, 0.717) is 11.8 Å². The summed E-state index contributed by atoms with van der Waals surface area (Å²) < 4.78 is 0. The molecule has 19 heavy (non-hydrogen) atoms. The first-order valence-electron chi connectivity index (χ1n) is 7.90. The normalized spacial score (nSPS) is 19.4. The monoisotopic (exact) mass is 261 g/mol. The quantitative estimate of drug-likeness (QED) is 0.455. The third-order valence-corrected chi connectivity index (χ3v) is 3.81. The molecule has 0 aromatic heterocycles. The second-order valence-corrected chi connectivity index (χ2v) is 5.89. The fraction of sp³-hybridized carbons (Fsp3) is 0.706. The molecule has 2 heteroatoms. The molecule has 2 rings (SSSR count). The van der Waals surface area contributed by atoms with E-state index in [4.69, 9.17) is 0 Å². The van der Waals surface area contributed by atoms with Crippen molar-refractivity contribution in [2.75, 3.05) is 13.1 Å². The Kier molecular flexibility index (Phi) is 5.68. The molecule has 2 fully saturated rings. The van der Waals surface area contributed by atoms with Crippen LogP contribution in [0.1, 0.15) is 51.9 Å². The van der Waals surface area contributed by atoms with E-state index >= 15 is 0 Å². The van der Waals surface area contributed by atoms with E-state index in [2.05, 4.69) is 36.1 Å². The minimum atomic E-state index is 0.361. The van der Waals surface area contributed by atoms with Gasteiger partial charge in [-0.2, -0.15) is 0 Å². The van der Waals surface area contributed by atoms with Gasteiger partial charge in [-0.15, -0.1) is 0 Å². The van der Waals surface area contributed by atoms with Gasteiger partial charge in [0, 0.05) is 19.0 Å². The number of hydrogen-bond donors (Lipinski definition) is 0. The Morgan fingerprint density at radius 2 is 1.74 bits per heavy atom. The number of allylic oxidation sites excluding steroid dienone is 3. The van der Waals surface area contributed by atoms with Gasteiger partial charge in [-0.25, -0.2) is 0 Å². The van der Waals surface area contributed by atoms with Crippen molar-refractivity contribution in [3.8, 4) is 0 Å². The number of carbonyl (C=O) groups is 1. The largest absolute Gasteiger partial charge is 0.338 e. The molecule has 0 aromatic carbocycles. The Morgan fingerprint density at radius 1 is 1.05 bits per heavy atom. The Morgan fingerprint density at radius 3 is 2.32 bits per heavy atom. The Hall–Kier alpha value is -1.05. The van der Waals surface area contributed by atoms with Crippen LogP contribution in [0, 0.1) is 11.8 Å². The molecule has 0 bridgehead atoms. The number of nitrogens with zero attached hydrogens (tertiary/aromatic N) is 1. The lowest BCUT2D eigenvalue weighted by molar-refractivity contribution is -0.132. The van der Waals surface area contributed by atoms with Gasteiger partial charge in [0.25, 0.3) is 0 Å². The van der Waals surface area contributed by atoms with Crippen LogP contribution in [-0.2, 0) is 4.79 Å². The molecular formula is C17H27NO. The lowest BCUT2D eigenvalue weighted by Gasteiger charge is -2.20. The van der Waals surface area contributed by atoms with E-state index in [-0.39, 0.29) is 0 Å². The van der Waals surface area contributed by atoms with E-state index in [1.165, 1.54) is 12.8 Å². The van der Waals surface area contributed by atoms with Crippen LogP contribution in [0.3, 0.4) is 0 Å². The zero-order valence-electron chi connectivity index (χ0n) is 12.2. The molecule has 2 aliphatic carbocycles. The van der Waals surface area contributed by atoms with Crippen molar-refractivity contribution in [1.82, 2.24) is 4.90 Å². The maximum absolute atomic E-state index is 12.2. The van der Waals surface area contributed by atoms with Crippen molar-refractivity contribution >= 4 is 5.91 Å². The predicted molar refractivity (Wildman–Crippen MR) is 79.8 cm³/mol. The van der Waals surface area contributed by atoms with Gasteiger partial charge in [0.15, 0.2) is 0 Å². The number of amides is 1. The van der Waals surface area contributed by atoms with Crippen molar-refractivity contribution in [1.29, 1.82) is 0 Å². The number of carbonyl (C=O) groups excluding carboxylic acids is 1. The Balaban J connectivity index is 1.67. The number of unbranched alkanes of at least 4 members (excludes halogenated alkanes) is 1. The lowest BCUT2D eigenvalue weighted by Crippen LogP contribution is -2.34. The molecule has 106 valence electrons. The van der Waals surface area contributed by atoms with E-state index in [1.54, 1.807) is 0 Å². The Labute approximate surface area is 117 Å². The van der Waals surface area contributed by atoms with Gasteiger partial charge in [0.1, 0.15) is 0 Å². The first-order chi connectivity index (χ1) is 9.31. The standard InChI is InChI=1S/C17H27NO/c1-2-3-4-5-6-7-8-13-18(14-15-9-10-15)17(19)16-11-12-16/h3-4,7-8,15-16H,2,5-6,9-14H2,1H3. The third-order valence-electron chi connectivity index (χ3n) is 3.81. The van der Waals surface area contributed by atoms with Gasteiger partial charge < -0.3 is 4.90 Å². The van der Waals surface area contributed by atoms with Crippen molar-refractivity contribution in [2.45, 2.75) is 51.9 Å². The second kappa shape index (κ2) is 7.52. The molecule has 2 saturated carbocycles. The molecule has 0 unspecified atom stereocenters. The summed E-state index contributed by atoms with van der Waals surface area (Å²) in [7, 11) is 0. The van der Waals surface area contributed by atoms with E-state index in [1.807, 2.05) is 0 Å². The molecule has 0 aromatic rings. The van der Waals surface area contributed by atoms with Gasteiger partial charge in [-0.05, 0) is 50.9 Å². The highest BCUT2D eigenvalue weighted by molar-refractivity contribution is 5.81. The molecule has 0 aliphatic heterocycles. The SMILES string of the molecule is CCC=CCCC=CCN(CC1CC1)C(=O)C1CC1. The molecule has 2 nitrogen and oxygen atoms in total. The summed E-state index contributed by atoms with van der Waals surface area (Å²) in [6.07, 6.45) is 17.1. The molecule has 2 aliphatic rings. The average molecular weight is 261 g/mol. The van der Waals surface area contributed by atoms with Gasteiger partial charge in [-0.1, -0.05) is 31.2 Å². The van der Waals surface area contributed by atoms with Crippen LogP contribution in [-0.4, -0.2) is 23.9 Å². The average Bonchev–Trinajstić information content (AvgIpc) is 3.28. The van der Waals surface area contributed by atoms with Gasteiger partial charge in [0.05, 0.1) is 0 Å². The van der Waals surface area contributed by atoms with E-state index < -0.39 is 0 Å². The van der Waals surface area contributed by atoms with Crippen molar-refractivity contribution in [2.24, 2.45) is 11.8 Å². The second-order valence-electron chi connectivity index (χ2n) is 5.89. The summed E-state index contributed by atoms with van der Waals surface area (Å²) in [6.45, 7) is 3.98. The lowest BCUT2D eigenvalue weighted by atomic mass is 10.2. The maximum Gasteiger partial charge on any atom is 0.225 e. The molecule has 0 N–H and O–H groups in total. The molecule has 1 amide bonds. The zero-order chi connectivity index (χ0) is 13.5. The predicted octanol–water partition coefficient (Wildman–Crippen LogP) is 3.94. The first-order valence-corrected chi connectivity index (χ1v) is 7.90. The molecule has 0 radical (unpaired) electrons. The van der Waals surface area contributed by atoms with Crippen molar-refractivity contribution in [3.05, 3.63) is 24.3 Å². The summed E-state index contributed by atoms with van der Waals surface area (Å²) in [5, 5.41) is 0. The number of rotatable bonds is 9. The van der Waals surface area contributed by atoms with Crippen LogP contribution in [0.25, 0.3) is 0 Å². The topological polar surface area (TPSA) is 20.3 Å². The van der Waals surface area contributed by atoms with Gasteiger partial charge in [-0.3, -0.25) is 4.79 Å². The molecule has 0 saturated heterocycles. The molecule has 0 spiro atoms. The van der Waals surface area contributed by atoms with Crippen LogP contribution >= 0.6 is 0 Å². The van der Waals surface area contributed by atoms with Crippen LogP contribution in [0.4, 0.5) is 0 Å². The maximum atomic E-state index is 12.2. The highest BCUT2D eigenvalue weighted by Gasteiger charge is 2.35. The summed E-state index contributed by atoms with van der Waals surface area (Å²) in [5.74, 6) is 1.56. The summed E-state index contributed by atoms with van der Waals surface area (Å²) in [6, 6.07) is 0.